The number of likely N-dealkylation sites (N-methyl/N-ethyl adjacent to an activating group) is 2. The fourth-order valence-electron chi connectivity index (χ4n) is 1.56. The van der Waals surface area contributed by atoms with Crippen LogP contribution in [0.15, 0.2) is 24.3 Å². The second-order valence-corrected chi connectivity index (χ2v) is 4.34. The van der Waals surface area contributed by atoms with E-state index in [1.54, 1.807) is 19.0 Å². The third kappa shape index (κ3) is 4.44. The van der Waals surface area contributed by atoms with Gasteiger partial charge >= 0.3 is 0 Å². The summed E-state index contributed by atoms with van der Waals surface area (Å²) in [6.07, 6.45) is 0. The van der Waals surface area contributed by atoms with E-state index in [2.05, 4.69) is 11.8 Å². The Labute approximate surface area is 103 Å². The van der Waals surface area contributed by atoms with Crippen LogP contribution in [0, 0.1) is 0 Å². The number of carbonyl (C=O) groups is 1. The van der Waals surface area contributed by atoms with Crippen molar-refractivity contribution in [2.45, 2.75) is 13.5 Å². The third-order valence-electron chi connectivity index (χ3n) is 2.66. The number of rotatable bonds is 5. The molecule has 0 fully saturated rings. The van der Waals surface area contributed by atoms with Gasteiger partial charge in [-0.3, -0.25) is 9.69 Å². The van der Waals surface area contributed by atoms with Gasteiger partial charge in [0.15, 0.2) is 0 Å². The molecule has 4 heteroatoms. The van der Waals surface area contributed by atoms with E-state index in [4.69, 9.17) is 5.73 Å². The molecule has 17 heavy (non-hydrogen) atoms. The van der Waals surface area contributed by atoms with Gasteiger partial charge in [-0.2, -0.15) is 0 Å². The standard InChI is InChI=1S/C13H21N3O/c1-4-16(10-13(17)15(2)3)9-11-6-5-7-12(14)8-11/h5-8H,4,9-10,14H2,1-3H3. The molecule has 0 saturated heterocycles. The largest absolute Gasteiger partial charge is 0.399 e. The molecule has 0 atom stereocenters. The van der Waals surface area contributed by atoms with E-state index in [9.17, 15) is 4.79 Å². The summed E-state index contributed by atoms with van der Waals surface area (Å²) in [5, 5.41) is 0. The molecule has 0 unspecified atom stereocenters. The number of hydrogen-bond acceptors (Lipinski definition) is 3. The van der Waals surface area contributed by atoms with Gasteiger partial charge < -0.3 is 10.6 Å². The number of anilines is 1. The molecule has 4 nitrogen and oxygen atoms in total. The van der Waals surface area contributed by atoms with E-state index in [0.29, 0.717) is 6.54 Å². The Morgan fingerprint density at radius 3 is 2.59 bits per heavy atom. The molecule has 0 radical (unpaired) electrons. The smallest absolute Gasteiger partial charge is 0.236 e. The Kier molecular flexibility index (Phi) is 4.97. The highest BCUT2D eigenvalue weighted by Gasteiger charge is 2.11. The SMILES string of the molecule is CCN(CC(=O)N(C)C)Cc1cccc(N)c1. The van der Waals surface area contributed by atoms with Crippen molar-refractivity contribution in [3.63, 3.8) is 0 Å². The highest BCUT2D eigenvalue weighted by atomic mass is 16.2. The van der Waals surface area contributed by atoms with Crippen LogP contribution in [0.2, 0.25) is 0 Å². The van der Waals surface area contributed by atoms with Gasteiger partial charge in [0.1, 0.15) is 0 Å². The summed E-state index contributed by atoms with van der Waals surface area (Å²) in [4.78, 5) is 15.3. The fourth-order valence-corrected chi connectivity index (χ4v) is 1.56. The molecule has 2 N–H and O–H groups in total. The molecule has 0 heterocycles. The Hall–Kier alpha value is -1.55. The van der Waals surface area contributed by atoms with E-state index in [1.807, 2.05) is 24.3 Å². The average Bonchev–Trinajstić information content (AvgIpc) is 2.27. The zero-order valence-electron chi connectivity index (χ0n) is 10.8. The predicted octanol–water partition coefficient (Wildman–Crippen LogP) is 1.18. The average molecular weight is 235 g/mol. The van der Waals surface area contributed by atoms with Crippen molar-refractivity contribution >= 4 is 11.6 Å². The van der Waals surface area contributed by atoms with Crippen LogP contribution in [0.3, 0.4) is 0 Å². The van der Waals surface area contributed by atoms with E-state index >= 15 is 0 Å². The number of carbonyl (C=O) groups excluding carboxylic acids is 1. The lowest BCUT2D eigenvalue weighted by Gasteiger charge is -2.22. The van der Waals surface area contributed by atoms with E-state index in [0.717, 1.165) is 24.3 Å². The number of amides is 1. The molecule has 0 spiro atoms. The molecule has 0 aliphatic heterocycles. The third-order valence-corrected chi connectivity index (χ3v) is 2.66. The lowest BCUT2D eigenvalue weighted by molar-refractivity contribution is -0.130. The van der Waals surface area contributed by atoms with Crippen molar-refractivity contribution in [3.05, 3.63) is 29.8 Å². The highest BCUT2D eigenvalue weighted by molar-refractivity contribution is 5.77. The predicted molar refractivity (Wildman–Crippen MR) is 70.5 cm³/mol. The molecule has 0 aliphatic carbocycles. The first-order chi connectivity index (χ1) is 8.02. The van der Waals surface area contributed by atoms with Crippen LogP contribution < -0.4 is 5.73 Å². The zero-order chi connectivity index (χ0) is 12.8. The van der Waals surface area contributed by atoms with Gasteiger partial charge in [-0.05, 0) is 24.2 Å². The van der Waals surface area contributed by atoms with E-state index < -0.39 is 0 Å². The van der Waals surface area contributed by atoms with Gasteiger partial charge in [0.25, 0.3) is 0 Å². The van der Waals surface area contributed by atoms with Crippen LogP contribution in [-0.2, 0) is 11.3 Å². The molecule has 0 saturated carbocycles. The molecule has 0 aliphatic rings. The molecule has 94 valence electrons. The number of nitrogens with zero attached hydrogens (tertiary/aromatic N) is 2. The lowest BCUT2D eigenvalue weighted by Crippen LogP contribution is -2.36. The maximum atomic E-state index is 11.6. The molecule has 0 aromatic heterocycles. The molecular formula is C13H21N3O. The van der Waals surface area contributed by atoms with Crippen molar-refractivity contribution < 1.29 is 4.79 Å². The first-order valence-corrected chi connectivity index (χ1v) is 5.80. The highest BCUT2D eigenvalue weighted by Crippen LogP contribution is 2.09. The van der Waals surface area contributed by atoms with Crippen molar-refractivity contribution in [2.75, 3.05) is 32.9 Å². The maximum Gasteiger partial charge on any atom is 0.236 e. The van der Waals surface area contributed by atoms with Crippen LogP contribution in [0.25, 0.3) is 0 Å². The minimum absolute atomic E-state index is 0.121. The Bertz CT molecular complexity index is 377. The number of hydrogen-bond donors (Lipinski definition) is 1. The number of nitrogens with two attached hydrogens (primary N) is 1. The first-order valence-electron chi connectivity index (χ1n) is 5.80. The van der Waals surface area contributed by atoms with Crippen LogP contribution in [0.1, 0.15) is 12.5 Å². The van der Waals surface area contributed by atoms with Crippen molar-refractivity contribution in [3.8, 4) is 0 Å². The van der Waals surface area contributed by atoms with Gasteiger partial charge in [-0.25, -0.2) is 0 Å². The van der Waals surface area contributed by atoms with Gasteiger partial charge in [0, 0.05) is 26.3 Å². The molecule has 1 rings (SSSR count). The second-order valence-electron chi connectivity index (χ2n) is 4.34. The van der Waals surface area contributed by atoms with Gasteiger partial charge in [-0.15, -0.1) is 0 Å². The molecule has 1 aromatic rings. The summed E-state index contributed by atoms with van der Waals surface area (Å²) in [7, 11) is 3.55. The van der Waals surface area contributed by atoms with Gasteiger partial charge in [0.2, 0.25) is 5.91 Å². The Morgan fingerprint density at radius 1 is 1.35 bits per heavy atom. The number of nitrogen functional groups attached to an aromatic ring is 1. The van der Waals surface area contributed by atoms with Crippen molar-refractivity contribution in [2.24, 2.45) is 0 Å². The summed E-state index contributed by atoms with van der Waals surface area (Å²) in [6, 6.07) is 7.78. The van der Waals surface area contributed by atoms with Crippen LogP contribution in [0.4, 0.5) is 5.69 Å². The molecule has 1 aromatic carbocycles. The van der Waals surface area contributed by atoms with Gasteiger partial charge in [0.05, 0.1) is 6.54 Å². The quantitative estimate of drug-likeness (QED) is 0.780. The minimum atomic E-state index is 0.121. The van der Waals surface area contributed by atoms with Crippen molar-refractivity contribution in [1.82, 2.24) is 9.80 Å². The summed E-state index contributed by atoms with van der Waals surface area (Å²) < 4.78 is 0. The summed E-state index contributed by atoms with van der Waals surface area (Å²) in [5.41, 5.74) is 7.63. The summed E-state index contributed by atoms with van der Waals surface area (Å²) in [6.45, 7) is 4.09. The normalized spacial score (nSPS) is 10.6. The summed E-state index contributed by atoms with van der Waals surface area (Å²) >= 11 is 0. The van der Waals surface area contributed by atoms with Gasteiger partial charge in [-0.1, -0.05) is 19.1 Å². The zero-order valence-corrected chi connectivity index (χ0v) is 10.8. The topological polar surface area (TPSA) is 49.6 Å². The minimum Gasteiger partial charge on any atom is -0.399 e. The number of benzene rings is 1. The molecule has 1 amide bonds. The second kappa shape index (κ2) is 6.25. The Balaban J connectivity index is 2.61. The van der Waals surface area contributed by atoms with Crippen LogP contribution in [0.5, 0.6) is 0 Å². The summed E-state index contributed by atoms with van der Waals surface area (Å²) in [5.74, 6) is 0.121. The lowest BCUT2D eigenvalue weighted by atomic mass is 10.2. The molecule has 0 bridgehead atoms. The fraction of sp³-hybridized carbons (Fsp3) is 0.462. The van der Waals surface area contributed by atoms with E-state index in [1.165, 1.54) is 0 Å². The van der Waals surface area contributed by atoms with Crippen LogP contribution >= 0.6 is 0 Å². The van der Waals surface area contributed by atoms with Crippen LogP contribution in [-0.4, -0.2) is 42.9 Å². The van der Waals surface area contributed by atoms with Crippen molar-refractivity contribution in [1.29, 1.82) is 0 Å². The van der Waals surface area contributed by atoms with E-state index in [-0.39, 0.29) is 5.91 Å². The molecular weight excluding hydrogens is 214 g/mol. The monoisotopic (exact) mass is 235 g/mol. The maximum absolute atomic E-state index is 11.6. The Morgan fingerprint density at radius 2 is 2.06 bits per heavy atom. The first kappa shape index (κ1) is 13.5.